The quantitative estimate of drug-likeness (QED) is 0.169. The van der Waals surface area contributed by atoms with E-state index in [9.17, 15) is 9.90 Å². The molecule has 0 atom stereocenters. The highest BCUT2D eigenvalue weighted by Crippen LogP contribution is 2.28. The van der Waals surface area contributed by atoms with Crippen LogP contribution in [-0.2, 0) is 9.53 Å². The number of carbonyl (C=O) groups excluding carboxylic acids is 1. The number of aromatic amines is 1. The molecule has 3 rings (SSSR count). The van der Waals surface area contributed by atoms with Crippen LogP contribution in [0.5, 0.6) is 5.75 Å². The van der Waals surface area contributed by atoms with Crippen molar-refractivity contribution in [1.29, 1.82) is 0 Å². The number of nitrogens with zero attached hydrogens (tertiary/aromatic N) is 2. The van der Waals surface area contributed by atoms with Gasteiger partial charge < -0.3 is 24.9 Å². The number of ether oxygens (including phenoxy) is 2. The van der Waals surface area contributed by atoms with Crippen molar-refractivity contribution in [1.82, 2.24) is 9.97 Å². The summed E-state index contributed by atoms with van der Waals surface area (Å²) in [6.45, 7) is 9.61. The first kappa shape index (κ1) is 31.4. The van der Waals surface area contributed by atoms with Gasteiger partial charge in [0.15, 0.2) is 0 Å². The molecular weight excluding hydrogens is 504 g/mol. The number of hydrogen-bond donors (Lipinski definition) is 3. The van der Waals surface area contributed by atoms with E-state index in [0.29, 0.717) is 46.2 Å². The topological polar surface area (TPSA) is 109 Å². The first-order valence-corrected chi connectivity index (χ1v) is 12.9. The summed E-state index contributed by atoms with van der Waals surface area (Å²) in [5.41, 5.74) is 4.45. The lowest BCUT2D eigenvalue weighted by Gasteiger charge is -2.08. The Balaban J connectivity index is 0.00000274. The van der Waals surface area contributed by atoms with E-state index in [4.69, 9.17) is 9.47 Å². The number of aliphatic imine (C=N–C) groups is 1. The van der Waals surface area contributed by atoms with Crippen molar-refractivity contribution in [2.45, 2.75) is 27.2 Å². The fourth-order valence-corrected chi connectivity index (χ4v) is 3.68. The van der Waals surface area contributed by atoms with Crippen molar-refractivity contribution < 1.29 is 19.4 Å². The van der Waals surface area contributed by atoms with Crippen molar-refractivity contribution in [2.75, 3.05) is 26.6 Å². The van der Waals surface area contributed by atoms with Gasteiger partial charge in [0.1, 0.15) is 17.3 Å². The van der Waals surface area contributed by atoms with Crippen molar-refractivity contribution in [3.8, 4) is 5.75 Å². The van der Waals surface area contributed by atoms with Gasteiger partial charge in [-0.3, -0.25) is 9.79 Å². The van der Waals surface area contributed by atoms with Crippen LogP contribution in [0.25, 0.3) is 17.7 Å². The van der Waals surface area contributed by atoms with Crippen LogP contribution < -0.4 is 10.1 Å². The number of aliphatic hydroxyl groups excluding tert-OH is 1. The Bertz CT molecular complexity index is 1380. The zero-order valence-electron chi connectivity index (χ0n) is 24.0. The minimum absolute atomic E-state index is 0.158. The van der Waals surface area contributed by atoms with E-state index in [0.717, 1.165) is 11.1 Å². The fourth-order valence-electron chi connectivity index (χ4n) is 3.68. The maximum Gasteiger partial charge on any atom is 0.251 e. The van der Waals surface area contributed by atoms with E-state index in [1.54, 1.807) is 76.2 Å². The fraction of sp³-hybridized carbons (Fsp3) is 0.219. The summed E-state index contributed by atoms with van der Waals surface area (Å²) >= 11 is 0. The molecule has 0 fully saturated rings. The molecule has 0 spiro atoms. The molecule has 1 amide bonds. The van der Waals surface area contributed by atoms with Crippen LogP contribution in [0.2, 0.25) is 0 Å². The van der Waals surface area contributed by atoms with Crippen LogP contribution in [0.15, 0.2) is 95.0 Å². The summed E-state index contributed by atoms with van der Waals surface area (Å²) in [5.74, 6) is 0.740. The summed E-state index contributed by atoms with van der Waals surface area (Å²) in [6, 6.07) is 7.13. The van der Waals surface area contributed by atoms with E-state index in [-0.39, 0.29) is 11.7 Å². The lowest BCUT2D eigenvalue weighted by molar-refractivity contribution is -0.112. The molecule has 8 nitrogen and oxygen atoms in total. The second kappa shape index (κ2) is 16.2. The van der Waals surface area contributed by atoms with Gasteiger partial charge in [0.2, 0.25) is 0 Å². The first-order valence-electron chi connectivity index (χ1n) is 12.9. The molecule has 1 aromatic heterocycles. The molecule has 0 saturated heterocycles. The van der Waals surface area contributed by atoms with Crippen molar-refractivity contribution in [3.63, 3.8) is 0 Å². The highest BCUT2D eigenvalue weighted by atomic mass is 16.5. The predicted octanol–water partition coefficient (Wildman–Crippen LogP) is 7.07. The molecule has 0 aliphatic heterocycles. The van der Waals surface area contributed by atoms with E-state index in [1.165, 1.54) is 0 Å². The highest BCUT2D eigenvalue weighted by molar-refractivity contribution is 6.07. The molecule has 0 bridgehead atoms. The summed E-state index contributed by atoms with van der Waals surface area (Å²) in [4.78, 5) is 24.8. The summed E-state index contributed by atoms with van der Waals surface area (Å²) in [5, 5.41) is 13.4. The Morgan fingerprint density at radius 3 is 2.52 bits per heavy atom. The van der Waals surface area contributed by atoms with E-state index >= 15 is 0 Å². The van der Waals surface area contributed by atoms with Crippen molar-refractivity contribution in [3.05, 3.63) is 107 Å². The maximum atomic E-state index is 13.0. The Hall–Kier alpha value is -4.85. The minimum atomic E-state index is -0.223. The van der Waals surface area contributed by atoms with Gasteiger partial charge in [-0.25, -0.2) is 4.98 Å². The molecular formula is C32H38N4O4. The third-order valence-electron chi connectivity index (χ3n) is 5.60. The average Bonchev–Trinajstić information content (AvgIpc) is 3.24. The number of carbonyl (C=O) groups is 1. The number of rotatable bonds is 10. The van der Waals surface area contributed by atoms with Gasteiger partial charge in [0.25, 0.3) is 5.91 Å². The van der Waals surface area contributed by atoms with Crippen molar-refractivity contribution in [2.24, 2.45) is 4.99 Å². The largest absolute Gasteiger partial charge is 0.508 e. The number of H-pyrrole nitrogens is 1. The first-order chi connectivity index (χ1) is 19.4. The Morgan fingerprint density at radius 1 is 1.20 bits per heavy atom. The van der Waals surface area contributed by atoms with E-state index in [2.05, 4.69) is 26.9 Å². The van der Waals surface area contributed by atoms with Crippen LogP contribution in [0.4, 0.5) is 5.69 Å². The van der Waals surface area contributed by atoms with Crippen LogP contribution >= 0.6 is 0 Å². The lowest BCUT2D eigenvalue weighted by atomic mass is 10.0. The molecule has 1 aliphatic rings. The summed E-state index contributed by atoms with van der Waals surface area (Å²) in [6.07, 6.45) is 16.5. The van der Waals surface area contributed by atoms with Crippen LogP contribution in [0.3, 0.4) is 0 Å². The van der Waals surface area contributed by atoms with Gasteiger partial charge >= 0.3 is 0 Å². The Labute approximate surface area is 236 Å². The third-order valence-corrected chi connectivity index (χ3v) is 5.60. The predicted molar refractivity (Wildman–Crippen MR) is 165 cm³/mol. The average molecular weight is 543 g/mol. The molecule has 1 heterocycles. The molecule has 0 radical (unpaired) electrons. The lowest BCUT2D eigenvalue weighted by Crippen LogP contribution is -2.14. The standard InChI is InChI=1S/C30H32N4O4.C2H6/c1-6-21(23(19-37-4)10-8-16-31-3)17-26(20(2)35)29-33-27-11-7-9-22(18-28(27)34-29)30(36)32-24-12-14-25(38-5)15-13-24;1-2/h6-8,10-19,35H,2,9H2,1,3-5H3,(H,32,36)(H,33,34);1-2H3/b10-8-,21-6+,23-19-,26-17+,31-16?;. The normalized spacial score (nSPS) is 13.8. The number of amides is 1. The Kier molecular flexibility index (Phi) is 12.7. The molecule has 3 N–H and O–H groups in total. The number of aliphatic hydroxyl groups is 1. The second-order valence-electron chi connectivity index (χ2n) is 8.17. The van der Waals surface area contributed by atoms with Gasteiger partial charge in [0.05, 0.1) is 37.4 Å². The molecule has 2 aromatic rings. The zero-order valence-corrected chi connectivity index (χ0v) is 24.0. The van der Waals surface area contributed by atoms with Gasteiger partial charge in [-0.2, -0.15) is 0 Å². The maximum absolute atomic E-state index is 13.0. The van der Waals surface area contributed by atoms with Crippen LogP contribution in [0.1, 0.15) is 44.4 Å². The zero-order chi connectivity index (χ0) is 29.5. The van der Waals surface area contributed by atoms with Gasteiger partial charge in [-0.1, -0.05) is 32.6 Å². The second-order valence-corrected chi connectivity index (χ2v) is 8.17. The SMILES string of the molecule is C=C(O)\C(=C/C(=C\C)C(/C=C\C=NC)=C\OC)c1nc2c([nH]1)C=C(C(=O)Nc1ccc(OC)cc1)CC=C2.CC. The molecule has 1 aliphatic carbocycles. The number of benzene rings is 1. The molecule has 8 heteroatoms. The molecule has 0 unspecified atom stereocenters. The molecule has 0 saturated carbocycles. The van der Waals surface area contributed by atoms with E-state index in [1.807, 2.05) is 45.1 Å². The van der Waals surface area contributed by atoms with Crippen LogP contribution in [0, 0.1) is 0 Å². The van der Waals surface area contributed by atoms with Gasteiger partial charge in [-0.15, -0.1) is 0 Å². The van der Waals surface area contributed by atoms with E-state index < -0.39 is 0 Å². The number of allylic oxidation sites excluding steroid dienone is 8. The van der Waals surface area contributed by atoms with Gasteiger partial charge in [-0.05, 0) is 73.6 Å². The number of hydrogen-bond acceptors (Lipinski definition) is 6. The highest BCUT2D eigenvalue weighted by Gasteiger charge is 2.18. The molecule has 1 aromatic carbocycles. The number of imidazole rings is 1. The monoisotopic (exact) mass is 542 g/mol. The Morgan fingerprint density at radius 2 is 1.93 bits per heavy atom. The number of methoxy groups -OCH3 is 2. The smallest absolute Gasteiger partial charge is 0.251 e. The summed E-state index contributed by atoms with van der Waals surface area (Å²) < 4.78 is 10.4. The molecule has 40 heavy (non-hydrogen) atoms. The number of aromatic nitrogens is 2. The van der Waals surface area contributed by atoms with Gasteiger partial charge in [0, 0.05) is 30.1 Å². The van der Waals surface area contributed by atoms with Crippen molar-refractivity contribution >= 4 is 35.5 Å². The molecule has 210 valence electrons. The number of fused-ring (bicyclic) bond motifs is 1. The summed E-state index contributed by atoms with van der Waals surface area (Å²) in [7, 11) is 4.84. The minimum Gasteiger partial charge on any atom is -0.508 e. The third kappa shape index (κ3) is 8.59. The van der Waals surface area contributed by atoms with Crippen LogP contribution in [-0.4, -0.2) is 48.5 Å². The number of nitrogens with one attached hydrogen (secondary N) is 2. The number of anilines is 1.